The van der Waals surface area contributed by atoms with Gasteiger partial charge in [0.15, 0.2) is 0 Å². The second kappa shape index (κ2) is 5.80. The molecule has 0 fully saturated rings. The minimum atomic E-state index is 0.782. The van der Waals surface area contributed by atoms with E-state index >= 15 is 0 Å². The molecule has 0 unspecified atom stereocenters. The number of halogens is 1. The Hall–Kier alpha value is -0.940. The first kappa shape index (κ1) is 13.5. The van der Waals surface area contributed by atoms with Crippen molar-refractivity contribution in [2.75, 3.05) is 5.73 Å². The van der Waals surface area contributed by atoms with Crippen molar-refractivity contribution in [1.29, 1.82) is 0 Å². The lowest BCUT2D eigenvalue weighted by Gasteiger charge is -2.07. The van der Waals surface area contributed by atoms with Gasteiger partial charge in [-0.3, -0.25) is 4.68 Å². The summed E-state index contributed by atoms with van der Waals surface area (Å²) in [6, 6.07) is 8.14. The predicted molar refractivity (Wildman–Crippen MR) is 79.9 cm³/mol. The van der Waals surface area contributed by atoms with E-state index in [1.165, 1.54) is 0 Å². The Morgan fingerprint density at radius 2 is 2.11 bits per heavy atom. The fourth-order valence-corrected chi connectivity index (χ4v) is 3.22. The average Bonchev–Trinajstić information content (AvgIpc) is 2.60. The van der Waals surface area contributed by atoms with E-state index in [2.05, 4.69) is 34.0 Å². The summed E-state index contributed by atoms with van der Waals surface area (Å²) in [6.07, 6.45) is 1.05. The number of nitrogen functional groups attached to an aromatic ring is 1. The highest BCUT2D eigenvalue weighted by Crippen LogP contribution is 2.37. The summed E-state index contributed by atoms with van der Waals surface area (Å²) in [5.74, 6) is 0. The number of nitrogens with zero attached hydrogens (tertiary/aromatic N) is 2. The fourth-order valence-electron chi connectivity index (χ4n) is 1.68. The Balaban J connectivity index is 2.36. The van der Waals surface area contributed by atoms with Gasteiger partial charge >= 0.3 is 0 Å². The Morgan fingerprint density at radius 3 is 2.78 bits per heavy atom. The third kappa shape index (κ3) is 2.72. The summed E-state index contributed by atoms with van der Waals surface area (Å²) in [4.78, 5) is 1.15. The highest BCUT2D eigenvalue weighted by Gasteiger charge is 2.14. The molecule has 3 nitrogen and oxygen atoms in total. The lowest BCUT2D eigenvalue weighted by atomic mass is 10.4. The predicted octanol–water partition coefficient (Wildman–Crippen LogP) is 4.10. The van der Waals surface area contributed by atoms with Crippen molar-refractivity contribution in [2.24, 2.45) is 0 Å². The first-order valence-electron chi connectivity index (χ1n) is 5.88. The Bertz CT molecular complexity index is 551. The number of rotatable bonds is 4. The van der Waals surface area contributed by atoms with Gasteiger partial charge in [0, 0.05) is 15.9 Å². The molecular formula is C13H16BrN3S. The molecule has 1 heterocycles. The molecular weight excluding hydrogens is 310 g/mol. The van der Waals surface area contributed by atoms with Crippen LogP contribution in [0.2, 0.25) is 0 Å². The topological polar surface area (TPSA) is 43.8 Å². The molecule has 1 aromatic heterocycles. The molecule has 2 rings (SSSR count). The molecule has 18 heavy (non-hydrogen) atoms. The van der Waals surface area contributed by atoms with Crippen LogP contribution in [-0.4, -0.2) is 9.78 Å². The molecule has 0 bridgehead atoms. The summed E-state index contributed by atoms with van der Waals surface area (Å²) in [7, 11) is 0. The smallest absolute Gasteiger partial charge is 0.122 e. The van der Waals surface area contributed by atoms with Gasteiger partial charge < -0.3 is 5.73 Å². The van der Waals surface area contributed by atoms with Crippen LogP contribution in [0.15, 0.2) is 38.7 Å². The standard InChI is InChI=1S/C13H16BrN3S/c1-3-8-17-13(12(15)9(2)16-17)18-11-7-5-4-6-10(11)14/h4-7H,3,8,15H2,1-2H3. The van der Waals surface area contributed by atoms with Crippen LogP contribution in [0.5, 0.6) is 0 Å². The molecule has 2 N–H and O–H groups in total. The van der Waals surface area contributed by atoms with Crippen LogP contribution in [0.3, 0.4) is 0 Å². The second-order valence-electron chi connectivity index (χ2n) is 4.06. The summed E-state index contributed by atoms with van der Waals surface area (Å²) >= 11 is 5.21. The van der Waals surface area contributed by atoms with E-state index in [-0.39, 0.29) is 0 Å². The molecule has 2 aromatic rings. The van der Waals surface area contributed by atoms with Crippen LogP contribution in [0.4, 0.5) is 5.69 Å². The summed E-state index contributed by atoms with van der Waals surface area (Å²) < 4.78 is 3.07. The molecule has 0 amide bonds. The molecule has 1 aromatic carbocycles. The summed E-state index contributed by atoms with van der Waals surface area (Å²) in [5, 5.41) is 5.51. The van der Waals surface area contributed by atoms with Crippen LogP contribution in [-0.2, 0) is 6.54 Å². The zero-order valence-electron chi connectivity index (χ0n) is 10.5. The highest BCUT2D eigenvalue weighted by molar-refractivity contribution is 9.10. The number of anilines is 1. The third-order valence-electron chi connectivity index (χ3n) is 2.60. The van der Waals surface area contributed by atoms with Crippen LogP contribution in [0.1, 0.15) is 19.0 Å². The van der Waals surface area contributed by atoms with Gasteiger partial charge in [0.2, 0.25) is 0 Å². The first-order chi connectivity index (χ1) is 8.63. The fraction of sp³-hybridized carbons (Fsp3) is 0.308. The van der Waals surface area contributed by atoms with Gasteiger partial charge in [0.25, 0.3) is 0 Å². The maximum Gasteiger partial charge on any atom is 0.122 e. The molecule has 0 saturated heterocycles. The van der Waals surface area contributed by atoms with E-state index in [1.54, 1.807) is 11.8 Å². The normalized spacial score (nSPS) is 10.8. The first-order valence-corrected chi connectivity index (χ1v) is 7.49. The molecule has 0 radical (unpaired) electrons. The number of nitrogens with two attached hydrogens (primary N) is 1. The van der Waals surface area contributed by atoms with Gasteiger partial charge in [-0.05, 0) is 41.4 Å². The monoisotopic (exact) mass is 325 g/mol. The van der Waals surface area contributed by atoms with Crippen molar-refractivity contribution in [3.05, 3.63) is 34.4 Å². The Labute approximate surface area is 120 Å². The minimum absolute atomic E-state index is 0.782. The highest BCUT2D eigenvalue weighted by atomic mass is 79.9. The van der Waals surface area contributed by atoms with Crippen molar-refractivity contribution >= 4 is 33.4 Å². The zero-order valence-corrected chi connectivity index (χ0v) is 12.9. The van der Waals surface area contributed by atoms with Crippen molar-refractivity contribution < 1.29 is 0 Å². The molecule has 0 aliphatic carbocycles. The van der Waals surface area contributed by atoms with Gasteiger partial charge in [-0.15, -0.1) is 0 Å². The third-order valence-corrected chi connectivity index (χ3v) is 4.76. The van der Waals surface area contributed by atoms with Crippen molar-refractivity contribution in [1.82, 2.24) is 9.78 Å². The largest absolute Gasteiger partial charge is 0.395 e. The number of hydrogen-bond acceptors (Lipinski definition) is 3. The van der Waals surface area contributed by atoms with E-state index in [1.807, 2.05) is 29.8 Å². The molecule has 0 aliphatic heterocycles. The minimum Gasteiger partial charge on any atom is -0.395 e. The van der Waals surface area contributed by atoms with Crippen molar-refractivity contribution in [2.45, 2.75) is 36.7 Å². The lowest BCUT2D eigenvalue weighted by molar-refractivity contribution is 0.556. The van der Waals surface area contributed by atoms with Gasteiger partial charge in [-0.2, -0.15) is 5.10 Å². The van der Waals surface area contributed by atoms with Gasteiger partial charge in [-0.25, -0.2) is 0 Å². The van der Waals surface area contributed by atoms with Gasteiger partial charge in [0.05, 0.1) is 11.4 Å². The summed E-state index contributed by atoms with van der Waals surface area (Å²) in [5.41, 5.74) is 7.79. The van der Waals surface area contributed by atoms with Gasteiger partial charge in [0.1, 0.15) is 5.03 Å². The zero-order chi connectivity index (χ0) is 13.1. The van der Waals surface area contributed by atoms with E-state index in [4.69, 9.17) is 5.73 Å². The van der Waals surface area contributed by atoms with Crippen molar-refractivity contribution in [3.8, 4) is 0 Å². The van der Waals surface area contributed by atoms with Crippen molar-refractivity contribution in [3.63, 3.8) is 0 Å². The maximum absolute atomic E-state index is 6.11. The van der Waals surface area contributed by atoms with E-state index in [0.29, 0.717) is 0 Å². The van der Waals surface area contributed by atoms with Crippen LogP contribution in [0, 0.1) is 6.92 Å². The number of aromatic nitrogens is 2. The number of aryl methyl sites for hydroxylation is 2. The van der Waals surface area contributed by atoms with E-state index < -0.39 is 0 Å². The molecule has 0 aliphatic rings. The molecule has 5 heteroatoms. The van der Waals surface area contributed by atoms with Crippen LogP contribution >= 0.6 is 27.7 Å². The number of benzene rings is 1. The Morgan fingerprint density at radius 1 is 1.39 bits per heavy atom. The number of hydrogen-bond donors (Lipinski definition) is 1. The quantitative estimate of drug-likeness (QED) is 0.920. The molecule has 0 saturated carbocycles. The Kier molecular flexibility index (Phi) is 4.35. The average molecular weight is 326 g/mol. The molecule has 96 valence electrons. The summed E-state index contributed by atoms with van der Waals surface area (Å²) in [6.45, 7) is 4.98. The maximum atomic E-state index is 6.11. The lowest BCUT2D eigenvalue weighted by Crippen LogP contribution is -2.01. The van der Waals surface area contributed by atoms with E-state index in [0.717, 1.165) is 38.7 Å². The SMILES string of the molecule is CCCn1nc(C)c(N)c1Sc1ccccc1Br. The second-order valence-corrected chi connectivity index (χ2v) is 5.94. The molecule has 0 spiro atoms. The van der Waals surface area contributed by atoms with Crippen LogP contribution < -0.4 is 5.73 Å². The van der Waals surface area contributed by atoms with Crippen LogP contribution in [0.25, 0.3) is 0 Å². The molecule has 0 atom stereocenters. The van der Waals surface area contributed by atoms with Gasteiger partial charge in [-0.1, -0.05) is 30.8 Å². The van der Waals surface area contributed by atoms with E-state index in [9.17, 15) is 0 Å².